The highest BCUT2D eigenvalue weighted by Gasteiger charge is 2.52. The number of carbonyl (C=O) groups is 1. The predicted octanol–water partition coefficient (Wildman–Crippen LogP) is 1.59. The second kappa shape index (κ2) is 3.75. The summed E-state index contributed by atoms with van der Waals surface area (Å²) in [6.07, 6.45) is 0.195. The van der Waals surface area contributed by atoms with E-state index in [9.17, 15) is 13.2 Å². The van der Waals surface area contributed by atoms with Crippen molar-refractivity contribution in [3.05, 3.63) is 29.3 Å². The summed E-state index contributed by atoms with van der Waals surface area (Å²) >= 11 is 5.65. The Bertz CT molecular complexity index is 520. The highest BCUT2D eigenvalue weighted by Crippen LogP contribution is 2.40. The van der Waals surface area contributed by atoms with Crippen molar-refractivity contribution in [2.75, 3.05) is 0 Å². The van der Waals surface area contributed by atoms with Gasteiger partial charge in [0.2, 0.25) is 0 Å². The third-order valence-electron chi connectivity index (χ3n) is 2.59. The Morgan fingerprint density at radius 3 is 2.31 bits per heavy atom. The smallest absolute Gasteiger partial charge is 0.307 e. The van der Waals surface area contributed by atoms with E-state index in [4.69, 9.17) is 16.7 Å². The number of sulfone groups is 1. The second-order valence-electron chi connectivity index (χ2n) is 3.72. The van der Waals surface area contributed by atoms with E-state index in [1.807, 2.05) is 0 Å². The van der Waals surface area contributed by atoms with Gasteiger partial charge in [0.15, 0.2) is 9.84 Å². The zero-order valence-corrected chi connectivity index (χ0v) is 9.70. The van der Waals surface area contributed by atoms with Gasteiger partial charge in [0.25, 0.3) is 0 Å². The largest absolute Gasteiger partial charge is 0.481 e. The average molecular weight is 261 g/mol. The molecule has 6 heteroatoms. The Morgan fingerprint density at radius 1 is 1.31 bits per heavy atom. The Morgan fingerprint density at radius 2 is 1.88 bits per heavy atom. The molecule has 1 N–H and O–H groups in total. The van der Waals surface area contributed by atoms with Gasteiger partial charge in [-0.25, -0.2) is 8.42 Å². The fourth-order valence-electron chi connectivity index (χ4n) is 1.57. The van der Waals surface area contributed by atoms with Gasteiger partial charge >= 0.3 is 5.97 Å². The van der Waals surface area contributed by atoms with Crippen LogP contribution >= 0.6 is 11.6 Å². The lowest BCUT2D eigenvalue weighted by atomic mass is 10.4. The minimum absolute atomic E-state index is 0.130. The third-order valence-corrected chi connectivity index (χ3v) is 5.09. The first kappa shape index (κ1) is 11.4. The number of aliphatic carboxylic acids is 1. The van der Waals surface area contributed by atoms with Gasteiger partial charge in [-0.2, -0.15) is 0 Å². The standard InChI is InChI=1S/C10H9ClO4S/c11-6-1-3-7(4-2-6)16(14,15)9-5-8(9)10(12)13/h1-4,8-9H,5H2,(H,12,13)/t8-,9+/m1/s1. The topological polar surface area (TPSA) is 71.4 Å². The van der Waals surface area contributed by atoms with Crippen molar-refractivity contribution in [2.45, 2.75) is 16.6 Å². The lowest BCUT2D eigenvalue weighted by molar-refractivity contribution is -0.138. The molecule has 0 spiro atoms. The van der Waals surface area contributed by atoms with Crippen molar-refractivity contribution in [1.29, 1.82) is 0 Å². The Hall–Kier alpha value is -1.07. The average Bonchev–Trinajstić information content (AvgIpc) is 2.98. The van der Waals surface area contributed by atoms with E-state index in [0.29, 0.717) is 5.02 Å². The first-order valence-corrected chi connectivity index (χ1v) is 6.57. The summed E-state index contributed by atoms with van der Waals surface area (Å²) < 4.78 is 23.8. The van der Waals surface area contributed by atoms with Gasteiger partial charge in [0.05, 0.1) is 16.1 Å². The summed E-state index contributed by atoms with van der Waals surface area (Å²) in [5.74, 6) is -1.82. The molecule has 2 rings (SSSR count). The summed E-state index contributed by atoms with van der Waals surface area (Å²) in [6, 6.07) is 5.75. The number of halogens is 1. The molecule has 0 amide bonds. The molecule has 16 heavy (non-hydrogen) atoms. The number of hydrogen-bond donors (Lipinski definition) is 1. The van der Waals surface area contributed by atoms with Crippen LogP contribution in [0.5, 0.6) is 0 Å². The van der Waals surface area contributed by atoms with Gasteiger partial charge in [0, 0.05) is 5.02 Å². The summed E-state index contributed by atoms with van der Waals surface area (Å²) in [6.45, 7) is 0. The third kappa shape index (κ3) is 1.92. The number of carboxylic acid groups (broad SMARTS) is 1. The molecule has 2 atom stereocenters. The molecule has 1 fully saturated rings. The summed E-state index contributed by atoms with van der Waals surface area (Å²) in [7, 11) is -3.52. The number of benzene rings is 1. The Balaban J connectivity index is 2.28. The van der Waals surface area contributed by atoms with Crippen LogP contribution in [0.1, 0.15) is 6.42 Å². The van der Waals surface area contributed by atoms with Crippen LogP contribution in [0.15, 0.2) is 29.2 Å². The number of rotatable bonds is 3. The molecule has 4 nitrogen and oxygen atoms in total. The van der Waals surface area contributed by atoms with E-state index >= 15 is 0 Å². The molecule has 0 radical (unpaired) electrons. The molecule has 0 aliphatic heterocycles. The minimum Gasteiger partial charge on any atom is -0.481 e. The van der Waals surface area contributed by atoms with Crippen molar-refractivity contribution >= 4 is 27.4 Å². The van der Waals surface area contributed by atoms with Crippen LogP contribution in [0.2, 0.25) is 5.02 Å². The van der Waals surface area contributed by atoms with Gasteiger partial charge < -0.3 is 5.11 Å². The van der Waals surface area contributed by atoms with Crippen LogP contribution in [0.3, 0.4) is 0 Å². The van der Waals surface area contributed by atoms with Crippen LogP contribution in [-0.2, 0) is 14.6 Å². The first-order valence-electron chi connectivity index (χ1n) is 4.65. The lowest BCUT2D eigenvalue weighted by Gasteiger charge is -2.02. The lowest BCUT2D eigenvalue weighted by Crippen LogP contribution is -2.13. The van der Waals surface area contributed by atoms with Crippen molar-refractivity contribution in [3.8, 4) is 0 Å². The van der Waals surface area contributed by atoms with Crippen LogP contribution in [0.4, 0.5) is 0 Å². The Kier molecular flexibility index (Phi) is 2.67. The second-order valence-corrected chi connectivity index (χ2v) is 6.32. The molecule has 0 unspecified atom stereocenters. The van der Waals surface area contributed by atoms with E-state index in [-0.39, 0.29) is 11.3 Å². The van der Waals surface area contributed by atoms with Crippen LogP contribution in [-0.4, -0.2) is 24.7 Å². The number of carboxylic acids is 1. The molecule has 1 aromatic carbocycles. The predicted molar refractivity (Wildman–Crippen MR) is 58.2 cm³/mol. The van der Waals surface area contributed by atoms with Crippen molar-refractivity contribution in [2.24, 2.45) is 5.92 Å². The molecular formula is C10H9ClO4S. The van der Waals surface area contributed by atoms with E-state index in [1.54, 1.807) is 0 Å². The fourth-order valence-corrected chi connectivity index (χ4v) is 3.57. The van der Waals surface area contributed by atoms with Gasteiger partial charge in [-0.3, -0.25) is 4.79 Å². The molecule has 86 valence electrons. The van der Waals surface area contributed by atoms with E-state index in [1.165, 1.54) is 24.3 Å². The SMILES string of the molecule is O=C(O)[C@@H]1C[C@@H]1S(=O)(=O)c1ccc(Cl)cc1. The molecular weight excluding hydrogens is 252 g/mol. The van der Waals surface area contributed by atoms with Gasteiger partial charge in [0.1, 0.15) is 0 Å². The molecule has 0 bridgehead atoms. The quantitative estimate of drug-likeness (QED) is 0.896. The number of hydrogen-bond acceptors (Lipinski definition) is 3. The van der Waals surface area contributed by atoms with E-state index in [2.05, 4.69) is 0 Å². The minimum atomic E-state index is -3.52. The van der Waals surface area contributed by atoms with Gasteiger partial charge in [-0.15, -0.1) is 0 Å². The van der Waals surface area contributed by atoms with E-state index in [0.717, 1.165) is 0 Å². The monoisotopic (exact) mass is 260 g/mol. The molecule has 0 heterocycles. The molecule has 0 aromatic heterocycles. The van der Waals surface area contributed by atoms with Crippen molar-refractivity contribution in [1.82, 2.24) is 0 Å². The highest BCUT2D eigenvalue weighted by atomic mass is 35.5. The van der Waals surface area contributed by atoms with E-state index < -0.39 is 27.0 Å². The van der Waals surface area contributed by atoms with Crippen LogP contribution < -0.4 is 0 Å². The Labute approximate surface area is 97.8 Å². The molecule has 1 saturated carbocycles. The normalized spacial score (nSPS) is 24.1. The molecule has 0 saturated heterocycles. The summed E-state index contributed by atoms with van der Waals surface area (Å²) in [5, 5.41) is 8.36. The first-order chi connectivity index (χ1) is 7.43. The fraction of sp³-hybridized carbons (Fsp3) is 0.300. The van der Waals surface area contributed by atoms with Crippen LogP contribution in [0, 0.1) is 5.92 Å². The molecule has 1 aliphatic rings. The maximum absolute atomic E-state index is 11.9. The molecule has 1 aliphatic carbocycles. The zero-order chi connectivity index (χ0) is 11.9. The highest BCUT2D eigenvalue weighted by molar-refractivity contribution is 7.92. The van der Waals surface area contributed by atoms with Gasteiger partial charge in [-0.05, 0) is 30.7 Å². The van der Waals surface area contributed by atoms with Gasteiger partial charge in [-0.1, -0.05) is 11.6 Å². The van der Waals surface area contributed by atoms with Crippen molar-refractivity contribution in [3.63, 3.8) is 0 Å². The molecule has 1 aromatic rings. The van der Waals surface area contributed by atoms with Crippen molar-refractivity contribution < 1.29 is 18.3 Å². The zero-order valence-electron chi connectivity index (χ0n) is 8.13. The van der Waals surface area contributed by atoms with Crippen LogP contribution in [0.25, 0.3) is 0 Å². The maximum atomic E-state index is 11.9. The summed E-state index contributed by atoms with van der Waals surface area (Å²) in [5.41, 5.74) is 0. The summed E-state index contributed by atoms with van der Waals surface area (Å²) in [4.78, 5) is 10.7. The maximum Gasteiger partial charge on any atom is 0.307 e.